The minimum absolute atomic E-state index is 0.427. The highest BCUT2D eigenvalue weighted by atomic mass is 79.9. The Morgan fingerprint density at radius 1 is 1.25 bits per heavy atom. The van der Waals surface area contributed by atoms with Crippen molar-refractivity contribution in [2.75, 3.05) is 11.4 Å². The molecule has 2 rings (SSSR count). The molecule has 0 bridgehead atoms. The van der Waals surface area contributed by atoms with Crippen LogP contribution in [-0.4, -0.2) is 17.7 Å². The molecule has 0 aromatic heterocycles. The van der Waals surface area contributed by atoms with Crippen LogP contribution in [0.1, 0.15) is 58.1 Å². The quantitative estimate of drug-likeness (QED) is 0.823. The van der Waals surface area contributed by atoms with Crippen molar-refractivity contribution < 1.29 is 5.11 Å². The molecule has 1 aliphatic rings. The zero-order chi connectivity index (χ0) is 14.7. The van der Waals surface area contributed by atoms with Gasteiger partial charge in [0.2, 0.25) is 0 Å². The molecule has 1 atom stereocenters. The Kier molecular flexibility index (Phi) is 5.50. The molecule has 20 heavy (non-hydrogen) atoms. The molecule has 1 fully saturated rings. The average molecular weight is 340 g/mol. The van der Waals surface area contributed by atoms with Gasteiger partial charge in [0.15, 0.2) is 0 Å². The van der Waals surface area contributed by atoms with Crippen LogP contribution in [0.25, 0.3) is 0 Å². The number of hydrogen-bond acceptors (Lipinski definition) is 2. The number of aliphatic hydroxyl groups is 1. The van der Waals surface area contributed by atoms with Gasteiger partial charge in [0.05, 0.1) is 6.10 Å². The monoisotopic (exact) mass is 339 g/mol. The molecule has 0 aliphatic heterocycles. The summed E-state index contributed by atoms with van der Waals surface area (Å²) in [7, 11) is 0. The van der Waals surface area contributed by atoms with Crippen LogP contribution in [0.3, 0.4) is 0 Å². The van der Waals surface area contributed by atoms with E-state index in [-0.39, 0.29) is 0 Å². The molecule has 1 aromatic rings. The van der Waals surface area contributed by atoms with Gasteiger partial charge in [-0.1, -0.05) is 48.7 Å². The van der Waals surface area contributed by atoms with Crippen molar-refractivity contribution in [1.29, 1.82) is 0 Å². The highest BCUT2D eigenvalue weighted by Gasteiger charge is 2.24. The average Bonchev–Trinajstić information content (AvgIpc) is 2.88. The number of halogens is 1. The molecule has 2 nitrogen and oxygen atoms in total. The van der Waals surface area contributed by atoms with Crippen LogP contribution in [0.15, 0.2) is 22.7 Å². The van der Waals surface area contributed by atoms with Crippen LogP contribution >= 0.6 is 15.9 Å². The van der Waals surface area contributed by atoms with Crippen molar-refractivity contribution in [3.63, 3.8) is 0 Å². The van der Waals surface area contributed by atoms with E-state index in [1.54, 1.807) is 0 Å². The Labute approximate surface area is 131 Å². The van der Waals surface area contributed by atoms with Gasteiger partial charge < -0.3 is 10.0 Å². The van der Waals surface area contributed by atoms with Gasteiger partial charge in [-0.05, 0) is 43.4 Å². The van der Waals surface area contributed by atoms with E-state index in [2.05, 4.69) is 46.8 Å². The third-order valence-electron chi connectivity index (χ3n) is 4.09. The van der Waals surface area contributed by atoms with Gasteiger partial charge >= 0.3 is 0 Å². The van der Waals surface area contributed by atoms with Crippen LogP contribution in [0.4, 0.5) is 5.69 Å². The van der Waals surface area contributed by atoms with Crippen molar-refractivity contribution in [1.82, 2.24) is 0 Å². The predicted molar refractivity (Wildman–Crippen MR) is 89.2 cm³/mol. The van der Waals surface area contributed by atoms with Crippen LogP contribution < -0.4 is 4.90 Å². The fourth-order valence-electron chi connectivity index (χ4n) is 3.11. The molecule has 0 spiro atoms. The van der Waals surface area contributed by atoms with Crippen molar-refractivity contribution in [3.8, 4) is 0 Å². The molecular weight excluding hydrogens is 314 g/mol. The molecule has 0 amide bonds. The van der Waals surface area contributed by atoms with Crippen molar-refractivity contribution >= 4 is 21.6 Å². The molecule has 112 valence electrons. The number of hydrogen-bond donors (Lipinski definition) is 1. The zero-order valence-corrected chi connectivity index (χ0v) is 14.4. The van der Waals surface area contributed by atoms with Crippen molar-refractivity contribution in [2.45, 2.75) is 58.6 Å². The third-order valence-corrected chi connectivity index (χ3v) is 4.78. The highest BCUT2D eigenvalue weighted by Crippen LogP contribution is 2.33. The van der Waals surface area contributed by atoms with Gasteiger partial charge in [0.1, 0.15) is 0 Å². The fraction of sp³-hybridized carbons (Fsp3) is 0.647. The molecule has 1 aromatic carbocycles. The molecule has 1 aliphatic carbocycles. The van der Waals surface area contributed by atoms with Crippen LogP contribution in [0, 0.1) is 5.92 Å². The number of rotatable bonds is 5. The lowest BCUT2D eigenvalue weighted by Crippen LogP contribution is -2.36. The van der Waals surface area contributed by atoms with Gasteiger partial charge in [-0.25, -0.2) is 0 Å². The lowest BCUT2D eigenvalue weighted by atomic mass is 10.1. The van der Waals surface area contributed by atoms with Crippen LogP contribution in [-0.2, 0) is 0 Å². The first-order chi connectivity index (χ1) is 9.49. The molecule has 0 heterocycles. The van der Waals surface area contributed by atoms with Crippen molar-refractivity contribution in [3.05, 3.63) is 28.2 Å². The topological polar surface area (TPSA) is 23.5 Å². The lowest BCUT2D eigenvalue weighted by Gasteiger charge is -2.33. The third kappa shape index (κ3) is 3.76. The minimum Gasteiger partial charge on any atom is -0.389 e. The summed E-state index contributed by atoms with van der Waals surface area (Å²) >= 11 is 3.60. The second-order valence-corrected chi connectivity index (χ2v) is 7.22. The van der Waals surface area contributed by atoms with Crippen molar-refractivity contribution in [2.24, 2.45) is 5.92 Å². The van der Waals surface area contributed by atoms with E-state index in [1.807, 2.05) is 13.0 Å². The van der Waals surface area contributed by atoms with E-state index in [9.17, 15) is 5.11 Å². The largest absolute Gasteiger partial charge is 0.389 e. The number of benzene rings is 1. The summed E-state index contributed by atoms with van der Waals surface area (Å²) in [5, 5.41) is 9.75. The maximum atomic E-state index is 9.75. The second-order valence-electron chi connectivity index (χ2n) is 6.37. The maximum Gasteiger partial charge on any atom is 0.0772 e. The van der Waals surface area contributed by atoms with Crippen LogP contribution in [0.5, 0.6) is 0 Å². The minimum atomic E-state index is -0.427. The van der Waals surface area contributed by atoms with Gasteiger partial charge in [0, 0.05) is 22.7 Å². The SMILES string of the molecule is CC(C)CN(c1ccc([C@H](C)O)c(Br)c1)C1CCCC1. The number of aliphatic hydroxyl groups excluding tert-OH is 1. The van der Waals surface area contributed by atoms with Crippen LogP contribution in [0.2, 0.25) is 0 Å². The molecular formula is C17H26BrNO. The highest BCUT2D eigenvalue weighted by molar-refractivity contribution is 9.10. The molecule has 1 saturated carbocycles. The summed E-state index contributed by atoms with van der Waals surface area (Å²) < 4.78 is 1.01. The van der Waals surface area contributed by atoms with Gasteiger partial charge in [-0.2, -0.15) is 0 Å². The maximum absolute atomic E-state index is 9.75. The summed E-state index contributed by atoms with van der Waals surface area (Å²) in [6.07, 6.45) is 4.90. The smallest absolute Gasteiger partial charge is 0.0772 e. The predicted octanol–water partition coefficient (Wildman–Crippen LogP) is 4.91. The molecule has 0 saturated heterocycles. The summed E-state index contributed by atoms with van der Waals surface area (Å²) in [4.78, 5) is 2.56. The zero-order valence-electron chi connectivity index (χ0n) is 12.8. The summed E-state index contributed by atoms with van der Waals surface area (Å²) in [5.74, 6) is 0.658. The van der Waals surface area contributed by atoms with Gasteiger partial charge in [-0.3, -0.25) is 0 Å². The number of nitrogens with zero attached hydrogens (tertiary/aromatic N) is 1. The second kappa shape index (κ2) is 6.95. The Morgan fingerprint density at radius 3 is 2.40 bits per heavy atom. The molecule has 3 heteroatoms. The first kappa shape index (κ1) is 15.8. The first-order valence-corrected chi connectivity index (χ1v) is 8.52. The summed E-state index contributed by atoms with van der Waals surface area (Å²) in [6.45, 7) is 7.47. The Balaban J connectivity index is 2.25. The molecule has 0 unspecified atom stereocenters. The van der Waals surface area contributed by atoms with E-state index in [1.165, 1.54) is 31.4 Å². The van der Waals surface area contributed by atoms with Gasteiger partial charge in [0.25, 0.3) is 0 Å². The molecule has 0 radical (unpaired) electrons. The summed E-state index contributed by atoms with van der Waals surface area (Å²) in [6, 6.07) is 7.06. The standard InChI is InChI=1S/C17H26BrNO/c1-12(2)11-19(14-6-4-5-7-14)15-8-9-16(13(3)20)17(18)10-15/h8-10,12-14,20H,4-7,11H2,1-3H3/t13-/m0/s1. The van der Waals surface area contributed by atoms with Gasteiger partial charge in [-0.15, -0.1) is 0 Å². The lowest BCUT2D eigenvalue weighted by molar-refractivity contribution is 0.198. The summed E-state index contributed by atoms with van der Waals surface area (Å²) in [5.41, 5.74) is 2.24. The van der Waals surface area contributed by atoms with E-state index in [0.29, 0.717) is 12.0 Å². The first-order valence-electron chi connectivity index (χ1n) is 7.73. The fourth-order valence-corrected chi connectivity index (χ4v) is 3.81. The van der Waals surface area contributed by atoms with E-state index in [0.717, 1.165) is 16.6 Å². The Hall–Kier alpha value is -0.540. The normalized spacial score (nSPS) is 17.7. The number of anilines is 1. The van der Waals surface area contributed by atoms with E-state index >= 15 is 0 Å². The van der Waals surface area contributed by atoms with E-state index in [4.69, 9.17) is 0 Å². The van der Waals surface area contributed by atoms with E-state index < -0.39 is 6.10 Å². The Morgan fingerprint density at radius 2 is 1.90 bits per heavy atom. The Bertz CT molecular complexity index is 439. The molecule has 1 N–H and O–H groups in total.